The van der Waals surface area contributed by atoms with E-state index >= 15 is 0 Å². The molecule has 1 heterocycles. The molecule has 0 spiro atoms. The highest BCUT2D eigenvalue weighted by Crippen LogP contribution is 2.36. The molecule has 0 bridgehead atoms. The number of amides is 1. The van der Waals surface area contributed by atoms with Gasteiger partial charge in [-0.3, -0.25) is 19.8 Å². The van der Waals surface area contributed by atoms with Crippen molar-refractivity contribution in [3.05, 3.63) is 27.8 Å². The molecule has 7 nitrogen and oxygen atoms in total. The maximum absolute atomic E-state index is 12.1. The van der Waals surface area contributed by atoms with E-state index in [9.17, 15) is 14.9 Å². The summed E-state index contributed by atoms with van der Waals surface area (Å²) >= 11 is 0. The zero-order valence-electron chi connectivity index (χ0n) is 11.8. The second kappa shape index (κ2) is 5.46. The molecule has 0 N–H and O–H groups in total. The summed E-state index contributed by atoms with van der Waals surface area (Å²) in [6, 6.07) is 3.05. The third-order valence-electron chi connectivity index (χ3n) is 3.51. The van der Waals surface area contributed by atoms with E-state index < -0.39 is 4.92 Å². The molecule has 1 aliphatic rings. The fraction of sp³-hybridized carbons (Fsp3) is 0.462. The molecule has 0 fully saturated rings. The van der Waals surface area contributed by atoms with Crippen molar-refractivity contribution in [2.24, 2.45) is 0 Å². The largest absolute Gasteiger partial charge is 0.490 e. The van der Waals surface area contributed by atoms with Crippen LogP contribution in [0, 0.1) is 10.1 Å². The SMILES string of the molecule is CCN1CC(=O)N(C)c2cc([N+](=O)[O-])c(OC)cc2C1. The first-order valence-electron chi connectivity index (χ1n) is 6.32. The van der Waals surface area contributed by atoms with Gasteiger partial charge < -0.3 is 9.64 Å². The van der Waals surface area contributed by atoms with E-state index in [1.54, 1.807) is 13.1 Å². The van der Waals surface area contributed by atoms with E-state index in [1.807, 2.05) is 11.8 Å². The van der Waals surface area contributed by atoms with Crippen LogP contribution in [0.2, 0.25) is 0 Å². The molecule has 1 aromatic rings. The Bertz CT molecular complexity index is 559. The van der Waals surface area contributed by atoms with Gasteiger partial charge in [-0.15, -0.1) is 0 Å². The van der Waals surface area contributed by atoms with Gasteiger partial charge >= 0.3 is 5.69 Å². The fourth-order valence-corrected chi connectivity index (χ4v) is 2.30. The van der Waals surface area contributed by atoms with E-state index in [2.05, 4.69) is 0 Å². The van der Waals surface area contributed by atoms with Gasteiger partial charge in [0.25, 0.3) is 0 Å². The number of carbonyl (C=O) groups is 1. The minimum atomic E-state index is -0.500. The molecule has 1 aromatic carbocycles. The number of nitrogens with zero attached hydrogens (tertiary/aromatic N) is 3. The van der Waals surface area contributed by atoms with Gasteiger partial charge in [-0.25, -0.2) is 0 Å². The van der Waals surface area contributed by atoms with E-state index in [0.29, 0.717) is 18.8 Å². The number of fused-ring (bicyclic) bond motifs is 1. The highest BCUT2D eigenvalue weighted by molar-refractivity contribution is 5.96. The van der Waals surface area contributed by atoms with Gasteiger partial charge in [0.15, 0.2) is 5.75 Å². The van der Waals surface area contributed by atoms with Crippen molar-refractivity contribution in [1.29, 1.82) is 0 Å². The van der Waals surface area contributed by atoms with Crippen LogP contribution >= 0.6 is 0 Å². The van der Waals surface area contributed by atoms with Crippen molar-refractivity contribution in [2.45, 2.75) is 13.5 Å². The van der Waals surface area contributed by atoms with Gasteiger partial charge in [0, 0.05) is 19.7 Å². The molecule has 0 radical (unpaired) electrons. The number of anilines is 1. The summed E-state index contributed by atoms with van der Waals surface area (Å²) in [4.78, 5) is 26.1. The number of rotatable bonds is 3. The third-order valence-corrected chi connectivity index (χ3v) is 3.51. The number of hydrogen-bond acceptors (Lipinski definition) is 5. The highest BCUT2D eigenvalue weighted by Gasteiger charge is 2.27. The Kier molecular flexibility index (Phi) is 3.89. The lowest BCUT2D eigenvalue weighted by Crippen LogP contribution is -2.34. The van der Waals surface area contributed by atoms with Crippen molar-refractivity contribution in [3.8, 4) is 5.75 Å². The average molecular weight is 279 g/mol. The van der Waals surface area contributed by atoms with Crippen LogP contribution in [0.4, 0.5) is 11.4 Å². The number of ether oxygens (including phenoxy) is 1. The summed E-state index contributed by atoms with van der Waals surface area (Å²) in [7, 11) is 3.04. The van der Waals surface area contributed by atoms with Gasteiger partial charge in [-0.05, 0) is 18.2 Å². The van der Waals surface area contributed by atoms with Gasteiger partial charge in [0.05, 0.1) is 24.3 Å². The summed E-state index contributed by atoms with van der Waals surface area (Å²) < 4.78 is 5.08. The van der Waals surface area contributed by atoms with Gasteiger partial charge in [0.1, 0.15) is 0 Å². The Morgan fingerprint density at radius 1 is 1.40 bits per heavy atom. The van der Waals surface area contributed by atoms with Gasteiger partial charge in [-0.2, -0.15) is 0 Å². The van der Waals surface area contributed by atoms with E-state index in [4.69, 9.17) is 4.74 Å². The first-order valence-corrected chi connectivity index (χ1v) is 6.32. The second-order valence-electron chi connectivity index (χ2n) is 4.67. The predicted molar refractivity (Wildman–Crippen MR) is 74.0 cm³/mol. The summed E-state index contributed by atoms with van der Waals surface area (Å²) in [5, 5.41) is 11.1. The van der Waals surface area contributed by atoms with Crippen molar-refractivity contribution >= 4 is 17.3 Å². The Hall–Kier alpha value is -2.15. The highest BCUT2D eigenvalue weighted by atomic mass is 16.6. The van der Waals surface area contributed by atoms with Crippen LogP contribution in [0.25, 0.3) is 0 Å². The normalized spacial score (nSPS) is 15.8. The summed E-state index contributed by atoms with van der Waals surface area (Å²) in [5.41, 5.74) is 1.29. The molecule has 2 rings (SSSR count). The Balaban J connectivity index is 2.58. The lowest BCUT2D eigenvalue weighted by molar-refractivity contribution is -0.385. The van der Waals surface area contributed by atoms with Crippen molar-refractivity contribution < 1.29 is 14.5 Å². The van der Waals surface area contributed by atoms with Crippen molar-refractivity contribution in [1.82, 2.24) is 4.90 Å². The number of nitro groups is 1. The van der Waals surface area contributed by atoms with Crippen LogP contribution in [-0.4, -0.2) is 43.0 Å². The molecular weight excluding hydrogens is 262 g/mol. The van der Waals surface area contributed by atoms with Crippen molar-refractivity contribution in [3.63, 3.8) is 0 Å². The standard InChI is InChI=1S/C13H17N3O4/c1-4-15-7-9-5-12(20-3)11(16(18)19)6-10(9)14(2)13(17)8-15/h5-6H,4,7-8H2,1-3H3. The molecule has 0 atom stereocenters. The minimum absolute atomic E-state index is 0.0786. The monoisotopic (exact) mass is 279 g/mol. The molecule has 20 heavy (non-hydrogen) atoms. The molecule has 7 heteroatoms. The number of likely N-dealkylation sites (N-methyl/N-ethyl adjacent to an activating group) is 2. The predicted octanol–water partition coefficient (Wildman–Crippen LogP) is 1.40. The average Bonchev–Trinajstić information content (AvgIpc) is 2.55. The first-order chi connectivity index (χ1) is 9.47. The zero-order valence-corrected chi connectivity index (χ0v) is 11.8. The fourth-order valence-electron chi connectivity index (χ4n) is 2.30. The lowest BCUT2D eigenvalue weighted by atomic mass is 10.1. The summed E-state index contributed by atoms with van der Waals surface area (Å²) in [6.45, 7) is 3.58. The van der Waals surface area contributed by atoms with Crippen LogP contribution in [0.5, 0.6) is 5.75 Å². The van der Waals surface area contributed by atoms with E-state index in [0.717, 1.165) is 12.1 Å². The van der Waals surface area contributed by atoms with E-state index in [-0.39, 0.29) is 17.3 Å². The Labute approximate surface area is 116 Å². The number of nitro benzene ring substituents is 1. The maximum Gasteiger partial charge on any atom is 0.313 e. The number of carbonyl (C=O) groups excluding carboxylic acids is 1. The van der Waals surface area contributed by atoms with Gasteiger partial charge in [0.2, 0.25) is 5.91 Å². The molecule has 0 aliphatic carbocycles. The maximum atomic E-state index is 12.1. The van der Waals surface area contributed by atoms with Crippen LogP contribution in [0.15, 0.2) is 12.1 Å². The number of methoxy groups -OCH3 is 1. The Morgan fingerprint density at radius 2 is 2.10 bits per heavy atom. The van der Waals surface area contributed by atoms with Crippen molar-refractivity contribution in [2.75, 3.05) is 32.1 Å². The zero-order chi connectivity index (χ0) is 14.9. The molecule has 0 unspecified atom stereocenters. The molecule has 0 aromatic heterocycles. The van der Waals surface area contributed by atoms with E-state index in [1.165, 1.54) is 18.1 Å². The second-order valence-corrected chi connectivity index (χ2v) is 4.67. The summed E-state index contributed by atoms with van der Waals surface area (Å²) in [5.74, 6) is 0.137. The van der Waals surface area contributed by atoms with Gasteiger partial charge in [-0.1, -0.05) is 6.92 Å². The molecule has 1 amide bonds. The summed E-state index contributed by atoms with van der Waals surface area (Å²) in [6.07, 6.45) is 0. The first kappa shape index (κ1) is 14.3. The molecule has 0 saturated heterocycles. The van der Waals surface area contributed by atoms with Crippen LogP contribution < -0.4 is 9.64 Å². The number of benzene rings is 1. The quantitative estimate of drug-likeness (QED) is 0.617. The minimum Gasteiger partial charge on any atom is -0.490 e. The topological polar surface area (TPSA) is 75.9 Å². The van der Waals surface area contributed by atoms with Crippen LogP contribution in [0.3, 0.4) is 0 Å². The Morgan fingerprint density at radius 3 is 2.65 bits per heavy atom. The molecule has 0 saturated carbocycles. The molecule has 1 aliphatic heterocycles. The smallest absolute Gasteiger partial charge is 0.313 e. The molecular formula is C13H17N3O4. The lowest BCUT2D eigenvalue weighted by Gasteiger charge is -2.17. The number of hydrogen-bond donors (Lipinski definition) is 0. The third kappa shape index (κ3) is 2.44. The van der Waals surface area contributed by atoms with Crippen LogP contribution in [-0.2, 0) is 11.3 Å². The van der Waals surface area contributed by atoms with Crippen LogP contribution in [0.1, 0.15) is 12.5 Å². The molecule has 108 valence electrons.